The normalized spacial score (nSPS) is 29.0. The van der Waals surface area contributed by atoms with Gasteiger partial charge >= 0.3 is 0 Å². The molecule has 0 unspecified atom stereocenters. The molecule has 1 aromatic carbocycles. The summed E-state index contributed by atoms with van der Waals surface area (Å²) in [6.45, 7) is 4.60. The van der Waals surface area contributed by atoms with Gasteiger partial charge in [-0.15, -0.1) is 0 Å². The summed E-state index contributed by atoms with van der Waals surface area (Å²) in [5, 5.41) is 10.8. The number of aromatic nitrogens is 1. The number of nitrogens with zero attached hydrogens (tertiary/aromatic N) is 3. The maximum atomic E-state index is 13.5. The second-order valence-electron chi connectivity index (χ2n) is 9.21. The third-order valence-corrected chi connectivity index (χ3v) is 7.25. The molecule has 3 heterocycles. The number of aryl methyl sites for hydroxylation is 2. The van der Waals surface area contributed by atoms with Gasteiger partial charge in [0.25, 0.3) is 5.91 Å². The Kier molecular flexibility index (Phi) is 4.77. The molecule has 6 nitrogen and oxygen atoms in total. The number of aliphatic hydroxyl groups excluding tert-OH is 1. The molecular formula is C24H29N3O3. The smallest absolute Gasteiger partial charge is 0.256 e. The second-order valence-corrected chi connectivity index (χ2v) is 9.21. The molecule has 2 aliphatic heterocycles. The monoisotopic (exact) mass is 407 g/mol. The fourth-order valence-electron chi connectivity index (χ4n) is 5.70. The van der Waals surface area contributed by atoms with Gasteiger partial charge in [-0.3, -0.25) is 14.6 Å². The van der Waals surface area contributed by atoms with E-state index in [4.69, 9.17) is 0 Å². The fourth-order valence-corrected chi connectivity index (χ4v) is 5.70. The van der Waals surface area contributed by atoms with Crippen molar-refractivity contribution in [3.05, 3.63) is 41.1 Å². The average Bonchev–Trinajstić information content (AvgIpc) is 3.26. The van der Waals surface area contributed by atoms with E-state index in [-0.39, 0.29) is 36.0 Å². The highest BCUT2D eigenvalue weighted by Gasteiger charge is 2.50. The van der Waals surface area contributed by atoms with E-state index in [1.807, 2.05) is 36.9 Å². The minimum absolute atomic E-state index is 0.00961. The standard InChI is InChI=1S/C24H29N3O3/c1-14-3-8-20-16(11-14)12-19(15(2)25-20)24(30)26-10-9-21-22(26)13-23(29)27(21)17-4-6-18(28)7-5-17/h3,8,11-12,17-18,21-22,28H,4-7,9-10,13H2,1-2H3/t17?,18?,21-,22-/m0/s1. The molecular weight excluding hydrogens is 378 g/mol. The van der Waals surface area contributed by atoms with Crippen LogP contribution in [-0.4, -0.2) is 62.5 Å². The van der Waals surface area contributed by atoms with E-state index in [2.05, 4.69) is 16.0 Å². The lowest BCUT2D eigenvalue weighted by atomic mass is 9.91. The van der Waals surface area contributed by atoms with Crippen molar-refractivity contribution in [1.82, 2.24) is 14.8 Å². The summed E-state index contributed by atoms with van der Waals surface area (Å²) in [6, 6.07) is 8.30. The predicted molar refractivity (Wildman–Crippen MR) is 114 cm³/mol. The first kappa shape index (κ1) is 19.5. The highest BCUT2D eigenvalue weighted by molar-refractivity contribution is 5.99. The largest absolute Gasteiger partial charge is 0.393 e. The summed E-state index contributed by atoms with van der Waals surface area (Å²) >= 11 is 0. The van der Waals surface area contributed by atoms with Crippen LogP contribution in [0.3, 0.4) is 0 Å². The maximum absolute atomic E-state index is 13.5. The Balaban J connectivity index is 1.40. The van der Waals surface area contributed by atoms with E-state index < -0.39 is 0 Å². The van der Waals surface area contributed by atoms with Crippen molar-refractivity contribution in [3.63, 3.8) is 0 Å². The van der Waals surface area contributed by atoms with Crippen molar-refractivity contribution in [3.8, 4) is 0 Å². The van der Waals surface area contributed by atoms with Crippen molar-refractivity contribution in [2.24, 2.45) is 0 Å². The molecule has 158 valence electrons. The molecule has 0 bridgehead atoms. The summed E-state index contributed by atoms with van der Waals surface area (Å²) in [4.78, 5) is 35.0. The number of benzene rings is 1. The van der Waals surface area contributed by atoms with Gasteiger partial charge in [0.2, 0.25) is 5.91 Å². The van der Waals surface area contributed by atoms with Gasteiger partial charge in [0.15, 0.2) is 0 Å². The molecule has 2 saturated heterocycles. The molecule has 0 spiro atoms. The second kappa shape index (κ2) is 7.34. The zero-order valence-corrected chi connectivity index (χ0v) is 17.7. The van der Waals surface area contributed by atoms with E-state index in [9.17, 15) is 14.7 Å². The van der Waals surface area contributed by atoms with Crippen molar-refractivity contribution in [1.29, 1.82) is 0 Å². The summed E-state index contributed by atoms with van der Waals surface area (Å²) < 4.78 is 0. The highest BCUT2D eigenvalue weighted by Crippen LogP contribution is 2.38. The summed E-state index contributed by atoms with van der Waals surface area (Å²) in [5.41, 5.74) is 3.42. The SMILES string of the molecule is Cc1ccc2nc(C)c(C(=O)N3CC[C@H]4[C@@H]3CC(=O)N4C3CCC(O)CC3)cc2c1. The molecule has 30 heavy (non-hydrogen) atoms. The Bertz CT molecular complexity index is 1010. The number of pyridine rings is 1. The van der Waals surface area contributed by atoms with Crippen LogP contribution in [0.25, 0.3) is 10.9 Å². The van der Waals surface area contributed by atoms with Crippen LogP contribution in [0, 0.1) is 13.8 Å². The van der Waals surface area contributed by atoms with Gasteiger partial charge in [0.05, 0.1) is 35.0 Å². The van der Waals surface area contributed by atoms with Crippen LogP contribution in [0.4, 0.5) is 0 Å². The number of carbonyl (C=O) groups is 2. The van der Waals surface area contributed by atoms with Gasteiger partial charge < -0.3 is 14.9 Å². The van der Waals surface area contributed by atoms with Crippen LogP contribution in [-0.2, 0) is 4.79 Å². The lowest BCUT2D eigenvalue weighted by molar-refractivity contribution is -0.132. The third-order valence-electron chi connectivity index (χ3n) is 7.25. The van der Waals surface area contributed by atoms with Gasteiger partial charge in [-0.1, -0.05) is 11.6 Å². The van der Waals surface area contributed by atoms with E-state index in [0.29, 0.717) is 18.5 Å². The summed E-state index contributed by atoms with van der Waals surface area (Å²) in [6.07, 6.45) is 4.25. The number of carbonyl (C=O) groups excluding carboxylic acids is 2. The van der Waals surface area contributed by atoms with Gasteiger partial charge in [0, 0.05) is 24.4 Å². The molecule has 1 saturated carbocycles. The third kappa shape index (κ3) is 3.18. The molecule has 1 aliphatic carbocycles. The highest BCUT2D eigenvalue weighted by atomic mass is 16.3. The summed E-state index contributed by atoms with van der Waals surface area (Å²) in [5.74, 6) is 0.150. The van der Waals surface area contributed by atoms with Crippen LogP contribution in [0.15, 0.2) is 24.3 Å². The van der Waals surface area contributed by atoms with E-state index >= 15 is 0 Å². The molecule has 1 N–H and O–H groups in total. The number of likely N-dealkylation sites (tertiary alicyclic amines) is 2. The number of hydrogen-bond acceptors (Lipinski definition) is 4. The van der Waals surface area contributed by atoms with Crippen LogP contribution >= 0.6 is 0 Å². The van der Waals surface area contributed by atoms with Crippen LogP contribution in [0.1, 0.15) is 60.1 Å². The van der Waals surface area contributed by atoms with Crippen molar-refractivity contribution in [2.75, 3.05) is 6.54 Å². The number of amides is 2. The molecule has 0 radical (unpaired) electrons. The number of aliphatic hydroxyl groups is 1. The van der Waals surface area contributed by atoms with Crippen LogP contribution < -0.4 is 0 Å². The Labute approximate surface area is 176 Å². The molecule has 2 aromatic rings. The molecule has 6 heteroatoms. The molecule has 2 atom stereocenters. The van der Waals surface area contributed by atoms with Crippen molar-refractivity contribution < 1.29 is 14.7 Å². The zero-order valence-electron chi connectivity index (χ0n) is 17.7. The first-order valence-electron chi connectivity index (χ1n) is 11.1. The van der Waals surface area contributed by atoms with Crippen molar-refractivity contribution in [2.45, 2.75) is 76.6 Å². The molecule has 2 amide bonds. The first-order chi connectivity index (χ1) is 14.4. The van der Waals surface area contributed by atoms with Gasteiger partial charge in [-0.05, 0) is 64.2 Å². The molecule has 3 fully saturated rings. The minimum Gasteiger partial charge on any atom is -0.393 e. The molecule has 1 aromatic heterocycles. The molecule has 3 aliphatic rings. The Morgan fingerprint density at radius 3 is 2.60 bits per heavy atom. The average molecular weight is 408 g/mol. The maximum Gasteiger partial charge on any atom is 0.256 e. The minimum atomic E-state index is -0.233. The van der Waals surface area contributed by atoms with E-state index in [1.165, 1.54) is 0 Å². The number of hydrogen-bond donors (Lipinski definition) is 1. The van der Waals surface area contributed by atoms with Gasteiger partial charge in [-0.25, -0.2) is 0 Å². The Hall–Kier alpha value is -2.47. The van der Waals surface area contributed by atoms with Crippen LogP contribution in [0.2, 0.25) is 0 Å². The van der Waals surface area contributed by atoms with E-state index in [1.54, 1.807) is 0 Å². The van der Waals surface area contributed by atoms with Gasteiger partial charge in [0.1, 0.15) is 0 Å². The first-order valence-corrected chi connectivity index (χ1v) is 11.1. The van der Waals surface area contributed by atoms with Crippen molar-refractivity contribution >= 4 is 22.7 Å². The quantitative estimate of drug-likeness (QED) is 0.831. The number of rotatable bonds is 2. The summed E-state index contributed by atoms with van der Waals surface area (Å²) in [7, 11) is 0. The zero-order chi connectivity index (χ0) is 21.0. The number of fused-ring (bicyclic) bond motifs is 2. The molecule has 5 rings (SSSR count). The van der Waals surface area contributed by atoms with E-state index in [0.717, 1.165) is 54.3 Å². The lowest BCUT2D eigenvalue weighted by Crippen LogP contribution is -2.46. The lowest BCUT2D eigenvalue weighted by Gasteiger charge is -2.36. The van der Waals surface area contributed by atoms with Crippen LogP contribution in [0.5, 0.6) is 0 Å². The predicted octanol–water partition coefficient (Wildman–Crippen LogP) is 2.97. The Morgan fingerprint density at radius 1 is 1.07 bits per heavy atom. The Morgan fingerprint density at radius 2 is 1.83 bits per heavy atom. The topological polar surface area (TPSA) is 73.7 Å². The fraction of sp³-hybridized carbons (Fsp3) is 0.542. The van der Waals surface area contributed by atoms with Gasteiger partial charge in [-0.2, -0.15) is 0 Å².